The average molecular weight is 344 g/mol. The molecule has 0 saturated carbocycles. The SMILES string of the molecule is CCn1ccnc(NCC2CCN(Cc3ccccc3F)CC2)c1=O. The Morgan fingerprint density at radius 3 is 2.76 bits per heavy atom. The number of hydrogen-bond acceptors (Lipinski definition) is 4. The van der Waals surface area contributed by atoms with Crippen LogP contribution in [0.25, 0.3) is 0 Å². The lowest BCUT2D eigenvalue weighted by Crippen LogP contribution is -2.36. The van der Waals surface area contributed by atoms with Crippen LogP contribution in [0.2, 0.25) is 0 Å². The first-order valence-electron chi connectivity index (χ1n) is 8.92. The standard InChI is InChI=1S/C19H25FN4O/c1-2-24-12-9-21-18(19(24)25)22-13-15-7-10-23(11-8-15)14-16-5-3-4-6-17(16)20/h3-6,9,12,15H,2,7-8,10-11,13-14H2,1H3,(H,21,22). The molecule has 2 aromatic rings. The van der Waals surface area contributed by atoms with E-state index >= 15 is 0 Å². The summed E-state index contributed by atoms with van der Waals surface area (Å²) in [5.41, 5.74) is 0.690. The Hall–Kier alpha value is -2.21. The van der Waals surface area contributed by atoms with Crippen LogP contribution in [0.15, 0.2) is 41.5 Å². The van der Waals surface area contributed by atoms with Crippen molar-refractivity contribution >= 4 is 5.82 Å². The fraction of sp³-hybridized carbons (Fsp3) is 0.474. The zero-order chi connectivity index (χ0) is 17.6. The van der Waals surface area contributed by atoms with Crippen molar-refractivity contribution in [2.75, 3.05) is 25.0 Å². The number of aryl methyl sites for hydroxylation is 1. The molecule has 1 saturated heterocycles. The second-order valence-corrected chi connectivity index (χ2v) is 6.56. The predicted molar refractivity (Wildman–Crippen MR) is 97.1 cm³/mol. The highest BCUT2D eigenvalue weighted by atomic mass is 19.1. The maximum absolute atomic E-state index is 13.8. The molecule has 0 unspecified atom stereocenters. The minimum absolute atomic E-state index is 0.0676. The van der Waals surface area contributed by atoms with Gasteiger partial charge in [0.1, 0.15) is 5.82 Å². The Morgan fingerprint density at radius 1 is 1.28 bits per heavy atom. The Morgan fingerprint density at radius 2 is 2.04 bits per heavy atom. The van der Waals surface area contributed by atoms with E-state index in [1.807, 2.05) is 19.1 Å². The molecular weight excluding hydrogens is 319 g/mol. The van der Waals surface area contributed by atoms with Gasteiger partial charge in [0.05, 0.1) is 0 Å². The summed E-state index contributed by atoms with van der Waals surface area (Å²) in [6.07, 6.45) is 5.44. The van der Waals surface area contributed by atoms with E-state index in [9.17, 15) is 9.18 Å². The molecule has 134 valence electrons. The van der Waals surface area contributed by atoms with Crippen LogP contribution in [-0.4, -0.2) is 34.1 Å². The molecule has 1 N–H and O–H groups in total. The van der Waals surface area contributed by atoms with E-state index in [-0.39, 0.29) is 11.4 Å². The van der Waals surface area contributed by atoms with Crippen LogP contribution in [0.4, 0.5) is 10.2 Å². The summed E-state index contributed by atoms with van der Waals surface area (Å²) >= 11 is 0. The molecule has 25 heavy (non-hydrogen) atoms. The van der Waals surface area contributed by atoms with Gasteiger partial charge >= 0.3 is 0 Å². The topological polar surface area (TPSA) is 50.2 Å². The maximum Gasteiger partial charge on any atom is 0.293 e. The lowest BCUT2D eigenvalue weighted by atomic mass is 9.96. The highest BCUT2D eigenvalue weighted by molar-refractivity contribution is 5.30. The third-order valence-corrected chi connectivity index (χ3v) is 4.87. The van der Waals surface area contributed by atoms with E-state index < -0.39 is 0 Å². The molecule has 3 rings (SSSR count). The zero-order valence-electron chi connectivity index (χ0n) is 14.6. The largest absolute Gasteiger partial charge is 0.365 e. The van der Waals surface area contributed by atoms with Crippen LogP contribution in [0, 0.1) is 11.7 Å². The van der Waals surface area contributed by atoms with Gasteiger partial charge in [-0.15, -0.1) is 0 Å². The molecular formula is C19H25FN4O. The van der Waals surface area contributed by atoms with E-state index in [2.05, 4.69) is 15.2 Å². The number of likely N-dealkylation sites (tertiary alicyclic amines) is 1. The molecule has 0 radical (unpaired) electrons. The van der Waals surface area contributed by atoms with Gasteiger partial charge in [0.25, 0.3) is 5.56 Å². The van der Waals surface area contributed by atoms with Crippen molar-refractivity contribution in [3.8, 4) is 0 Å². The van der Waals surface area contributed by atoms with Gasteiger partial charge in [0.2, 0.25) is 0 Å². The van der Waals surface area contributed by atoms with Crippen LogP contribution < -0.4 is 10.9 Å². The summed E-state index contributed by atoms with van der Waals surface area (Å²) in [5.74, 6) is 0.806. The fourth-order valence-electron chi connectivity index (χ4n) is 3.27. The van der Waals surface area contributed by atoms with E-state index in [0.29, 0.717) is 24.8 Å². The van der Waals surface area contributed by atoms with E-state index in [1.54, 1.807) is 23.0 Å². The summed E-state index contributed by atoms with van der Waals surface area (Å²) in [6.45, 7) is 5.89. The van der Waals surface area contributed by atoms with Crippen LogP contribution >= 0.6 is 0 Å². The first kappa shape index (κ1) is 17.6. The number of halogens is 1. The van der Waals surface area contributed by atoms with E-state index in [4.69, 9.17) is 0 Å². The molecule has 0 bridgehead atoms. The number of nitrogens with zero attached hydrogens (tertiary/aromatic N) is 3. The Bertz CT molecular complexity index is 753. The Balaban J connectivity index is 1.48. The summed E-state index contributed by atoms with van der Waals surface area (Å²) in [6, 6.07) is 6.97. The molecule has 1 aliphatic rings. The molecule has 2 heterocycles. The normalized spacial score (nSPS) is 16.1. The molecule has 1 aromatic heterocycles. The van der Waals surface area contributed by atoms with Crippen molar-refractivity contribution < 1.29 is 4.39 Å². The number of anilines is 1. The molecule has 0 aliphatic carbocycles. The summed E-state index contributed by atoms with van der Waals surface area (Å²) in [7, 11) is 0. The second-order valence-electron chi connectivity index (χ2n) is 6.56. The highest BCUT2D eigenvalue weighted by Gasteiger charge is 2.20. The monoisotopic (exact) mass is 344 g/mol. The summed E-state index contributed by atoms with van der Waals surface area (Å²) in [5, 5.41) is 3.21. The van der Waals surface area contributed by atoms with Gasteiger partial charge in [-0.1, -0.05) is 18.2 Å². The molecule has 0 amide bonds. The van der Waals surface area contributed by atoms with Crippen molar-refractivity contribution in [1.82, 2.24) is 14.5 Å². The Labute approximate surface area is 147 Å². The quantitative estimate of drug-likeness (QED) is 0.875. The minimum atomic E-state index is -0.131. The van der Waals surface area contributed by atoms with Crippen LogP contribution in [0.1, 0.15) is 25.3 Å². The predicted octanol–water partition coefficient (Wildman–Crippen LogP) is 2.73. The van der Waals surface area contributed by atoms with Crippen molar-refractivity contribution in [2.45, 2.75) is 32.9 Å². The lowest BCUT2D eigenvalue weighted by Gasteiger charge is -2.32. The van der Waals surface area contributed by atoms with Crippen molar-refractivity contribution in [3.05, 3.63) is 58.4 Å². The van der Waals surface area contributed by atoms with Gasteiger partial charge in [-0.2, -0.15) is 0 Å². The molecule has 0 atom stereocenters. The number of hydrogen-bond donors (Lipinski definition) is 1. The summed E-state index contributed by atoms with van der Waals surface area (Å²) < 4.78 is 15.4. The van der Waals surface area contributed by atoms with Gasteiger partial charge in [-0.25, -0.2) is 9.37 Å². The number of rotatable bonds is 6. The van der Waals surface area contributed by atoms with Crippen LogP contribution in [-0.2, 0) is 13.1 Å². The van der Waals surface area contributed by atoms with Crippen molar-refractivity contribution in [1.29, 1.82) is 0 Å². The van der Waals surface area contributed by atoms with Gasteiger partial charge in [-0.3, -0.25) is 9.69 Å². The molecule has 0 spiro atoms. The van der Waals surface area contributed by atoms with E-state index in [0.717, 1.165) is 38.0 Å². The second kappa shape index (κ2) is 8.25. The minimum Gasteiger partial charge on any atom is -0.365 e. The third-order valence-electron chi connectivity index (χ3n) is 4.87. The van der Waals surface area contributed by atoms with Crippen molar-refractivity contribution in [2.24, 2.45) is 5.92 Å². The molecule has 1 aliphatic heterocycles. The van der Waals surface area contributed by atoms with Crippen LogP contribution in [0.3, 0.4) is 0 Å². The first-order valence-corrected chi connectivity index (χ1v) is 8.92. The van der Waals surface area contributed by atoms with Gasteiger partial charge in [0.15, 0.2) is 5.82 Å². The van der Waals surface area contributed by atoms with Gasteiger partial charge in [0, 0.05) is 37.6 Å². The number of nitrogens with one attached hydrogen (secondary N) is 1. The number of aromatic nitrogens is 2. The fourth-order valence-corrected chi connectivity index (χ4v) is 3.27. The molecule has 5 nitrogen and oxygen atoms in total. The highest BCUT2D eigenvalue weighted by Crippen LogP contribution is 2.20. The maximum atomic E-state index is 13.8. The number of benzene rings is 1. The van der Waals surface area contributed by atoms with Crippen LogP contribution in [0.5, 0.6) is 0 Å². The van der Waals surface area contributed by atoms with Gasteiger partial charge in [-0.05, 0) is 44.8 Å². The molecule has 1 aromatic carbocycles. The first-order chi connectivity index (χ1) is 12.2. The van der Waals surface area contributed by atoms with Gasteiger partial charge < -0.3 is 9.88 Å². The Kier molecular flexibility index (Phi) is 5.81. The zero-order valence-corrected chi connectivity index (χ0v) is 14.6. The lowest BCUT2D eigenvalue weighted by molar-refractivity contribution is 0.180. The average Bonchev–Trinajstić information content (AvgIpc) is 2.64. The van der Waals surface area contributed by atoms with Crippen molar-refractivity contribution in [3.63, 3.8) is 0 Å². The van der Waals surface area contributed by atoms with E-state index in [1.165, 1.54) is 6.07 Å². The molecule has 1 fully saturated rings. The molecule has 6 heteroatoms. The smallest absolute Gasteiger partial charge is 0.293 e. The third kappa shape index (κ3) is 4.45. The number of piperidine rings is 1. The summed E-state index contributed by atoms with van der Waals surface area (Å²) in [4.78, 5) is 18.6.